The van der Waals surface area contributed by atoms with Crippen molar-refractivity contribution in [1.29, 1.82) is 0 Å². The molecule has 0 spiro atoms. The summed E-state index contributed by atoms with van der Waals surface area (Å²) in [5, 5.41) is 1.31. The molecule has 2 heterocycles. The number of aryl methyl sites for hydroxylation is 1. The van der Waals surface area contributed by atoms with Gasteiger partial charge < -0.3 is 4.74 Å². The van der Waals surface area contributed by atoms with Crippen LogP contribution in [0.5, 0.6) is 0 Å². The van der Waals surface area contributed by atoms with E-state index in [1.165, 1.54) is 42.2 Å². The second-order valence-corrected chi connectivity index (χ2v) is 6.67. The zero-order valence-corrected chi connectivity index (χ0v) is 13.3. The number of aromatic nitrogens is 1. The molecule has 2 fully saturated rings. The predicted octanol–water partition coefficient (Wildman–Crippen LogP) is 3.69. The highest BCUT2D eigenvalue weighted by atomic mass is 16.5. The van der Waals surface area contributed by atoms with Crippen molar-refractivity contribution in [3.05, 3.63) is 41.6 Å². The second-order valence-electron chi connectivity index (χ2n) is 6.67. The third-order valence-electron chi connectivity index (χ3n) is 5.28. The van der Waals surface area contributed by atoms with Crippen molar-refractivity contribution in [2.75, 3.05) is 13.2 Å². The van der Waals surface area contributed by atoms with Crippen molar-refractivity contribution >= 4 is 10.9 Å². The molecule has 0 radical (unpaired) electrons. The van der Waals surface area contributed by atoms with Gasteiger partial charge in [-0.2, -0.15) is 0 Å². The van der Waals surface area contributed by atoms with Crippen LogP contribution in [-0.2, 0) is 11.3 Å². The van der Waals surface area contributed by atoms with Gasteiger partial charge in [-0.15, -0.1) is 0 Å². The minimum Gasteiger partial charge on any atom is -0.375 e. The lowest BCUT2D eigenvalue weighted by Gasteiger charge is -2.44. The van der Waals surface area contributed by atoms with Gasteiger partial charge in [0.05, 0.1) is 18.2 Å². The molecule has 1 aliphatic carbocycles. The molecule has 3 nitrogen and oxygen atoms in total. The van der Waals surface area contributed by atoms with E-state index in [1.807, 2.05) is 12.3 Å². The molecule has 22 heavy (non-hydrogen) atoms. The molecule has 0 unspecified atom stereocenters. The molecular weight excluding hydrogens is 272 g/mol. The lowest BCUT2D eigenvalue weighted by molar-refractivity contribution is -0.0910. The van der Waals surface area contributed by atoms with Crippen LogP contribution in [0.25, 0.3) is 10.9 Å². The maximum Gasteiger partial charge on any atom is 0.0734 e. The number of benzene rings is 1. The summed E-state index contributed by atoms with van der Waals surface area (Å²) < 4.78 is 6.00. The van der Waals surface area contributed by atoms with Gasteiger partial charge >= 0.3 is 0 Å². The normalized spacial score (nSPS) is 26.0. The number of hydrogen-bond donors (Lipinski definition) is 0. The van der Waals surface area contributed by atoms with Gasteiger partial charge in [0, 0.05) is 30.7 Å². The molecule has 4 rings (SSSR count). The number of morpholine rings is 1. The van der Waals surface area contributed by atoms with E-state index in [0.717, 1.165) is 25.2 Å². The van der Waals surface area contributed by atoms with Crippen molar-refractivity contribution in [1.82, 2.24) is 9.88 Å². The molecule has 1 saturated heterocycles. The van der Waals surface area contributed by atoms with Crippen molar-refractivity contribution in [3.8, 4) is 0 Å². The molecule has 1 aromatic heterocycles. The molecule has 0 amide bonds. The fourth-order valence-corrected chi connectivity index (χ4v) is 4.10. The fraction of sp³-hybridized carbons (Fsp3) is 0.526. The minimum atomic E-state index is 0.456. The molecular formula is C19H24N2O. The van der Waals surface area contributed by atoms with Gasteiger partial charge in [-0.3, -0.25) is 9.88 Å². The Bertz CT molecular complexity index is 668. The van der Waals surface area contributed by atoms with Crippen LogP contribution in [0.3, 0.4) is 0 Å². The third kappa shape index (κ3) is 2.53. The highest BCUT2D eigenvalue weighted by Crippen LogP contribution is 2.30. The van der Waals surface area contributed by atoms with E-state index in [9.17, 15) is 0 Å². The van der Waals surface area contributed by atoms with Crippen molar-refractivity contribution in [2.24, 2.45) is 0 Å². The molecule has 0 bridgehead atoms. The van der Waals surface area contributed by atoms with Gasteiger partial charge in [-0.1, -0.05) is 31.0 Å². The van der Waals surface area contributed by atoms with E-state index >= 15 is 0 Å². The Hall–Kier alpha value is -1.45. The van der Waals surface area contributed by atoms with Crippen LogP contribution in [0.15, 0.2) is 30.5 Å². The summed E-state index contributed by atoms with van der Waals surface area (Å²) in [6, 6.07) is 9.36. The van der Waals surface area contributed by atoms with Crippen LogP contribution in [0.4, 0.5) is 0 Å². The Labute approximate surface area is 132 Å². The lowest BCUT2D eigenvalue weighted by atomic mass is 9.89. The smallest absolute Gasteiger partial charge is 0.0734 e. The minimum absolute atomic E-state index is 0.456. The van der Waals surface area contributed by atoms with E-state index in [2.05, 4.69) is 35.0 Å². The van der Waals surface area contributed by atoms with Crippen LogP contribution in [0, 0.1) is 6.92 Å². The second kappa shape index (κ2) is 5.98. The zero-order chi connectivity index (χ0) is 14.9. The number of ether oxygens (including phenoxy) is 1. The van der Waals surface area contributed by atoms with Gasteiger partial charge in [-0.25, -0.2) is 0 Å². The molecule has 1 aromatic carbocycles. The first-order valence-corrected chi connectivity index (χ1v) is 8.52. The average molecular weight is 296 g/mol. The summed E-state index contributed by atoms with van der Waals surface area (Å²) in [5.41, 5.74) is 3.81. The molecule has 1 saturated carbocycles. The lowest BCUT2D eigenvalue weighted by Crippen LogP contribution is -2.52. The van der Waals surface area contributed by atoms with E-state index in [0.29, 0.717) is 12.1 Å². The monoisotopic (exact) mass is 296 g/mol. The van der Waals surface area contributed by atoms with Gasteiger partial charge in [0.2, 0.25) is 0 Å². The number of nitrogens with zero attached hydrogens (tertiary/aromatic N) is 2. The summed E-state index contributed by atoms with van der Waals surface area (Å²) in [6.45, 7) is 5.10. The van der Waals surface area contributed by atoms with Crippen LogP contribution >= 0.6 is 0 Å². The van der Waals surface area contributed by atoms with Crippen LogP contribution < -0.4 is 0 Å². The summed E-state index contributed by atoms with van der Waals surface area (Å²) in [4.78, 5) is 7.22. The molecule has 1 aliphatic heterocycles. The Morgan fingerprint density at radius 1 is 1.23 bits per heavy atom. The third-order valence-corrected chi connectivity index (χ3v) is 5.28. The fourth-order valence-electron chi connectivity index (χ4n) is 4.10. The van der Waals surface area contributed by atoms with Crippen molar-refractivity contribution in [2.45, 2.75) is 51.3 Å². The van der Waals surface area contributed by atoms with E-state index in [1.54, 1.807) is 0 Å². The Kier molecular flexibility index (Phi) is 3.85. The van der Waals surface area contributed by atoms with Gasteiger partial charge in [0.25, 0.3) is 0 Å². The molecule has 2 aliphatic rings. The molecule has 0 N–H and O–H groups in total. The van der Waals surface area contributed by atoms with Crippen LogP contribution in [0.2, 0.25) is 0 Å². The van der Waals surface area contributed by atoms with Crippen molar-refractivity contribution < 1.29 is 4.74 Å². The van der Waals surface area contributed by atoms with Crippen LogP contribution in [-0.4, -0.2) is 35.2 Å². The number of fused-ring (bicyclic) bond motifs is 2. The molecule has 2 aromatic rings. The summed E-state index contributed by atoms with van der Waals surface area (Å²) >= 11 is 0. The first kappa shape index (κ1) is 14.2. The summed E-state index contributed by atoms with van der Waals surface area (Å²) in [7, 11) is 0. The maximum atomic E-state index is 6.00. The Balaban J connectivity index is 1.64. The number of pyridine rings is 1. The highest BCUT2D eigenvalue weighted by Gasteiger charge is 2.34. The molecule has 3 heteroatoms. The quantitative estimate of drug-likeness (QED) is 0.845. The first-order valence-electron chi connectivity index (χ1n) is 8.52. The predicted molar refractivity (Wildman–Crippen MR) is 88.9 cm³/mol. The SMILES string of the molecule is Cc1ccc(CN2CCO[C@@H]3CCCC[C@H]32)c2cccnc12. The molecule has 116 valence electrons. The standard InChI is InChI=1S/C19H24N2O/c1-14-8-9-15(16-5-4-10-20-19(14)16)13-21-11-12-22-18-7-3-2-6-17(18)21/h4-5,8-10,17-18H,2-3,6-7,11-13H2,1H3/t17-,18-/m1/s1. The topological polar surface area (TPSA) is 25.4 Å². The Morgan fingerprint density at radius 3 is 3.09 bits per heavy atom. The number of rotatable bonds is 2. The van der Waals surface area contributed by atoms with Crippen LogP contribution in [0.1, 0.15) is 36.8 Å². The highest BCUT2D eigenvalue weighted by molar-refractivity contribution is 5.84. The maximum absolute atomic E-state index is 6.00. The number of hydrogen-bond acceptors (Lipinski definition) is 3. The van der Waals surface area contributed by atoms with Crippen molar-refractivity contribution in [3.63, 3.8) is 0 Å². The zero-order valence-electron chi connectivity index (χ0n) is 13.3. The van der Waals surface area contributed by atoms with E-state index in [-0.39, 0.29) is 0 Å². The largest absolute Gasteiger partial charge is 0.375 e. The van der Waals surface area contributed by atoms with E-state index in [4.69, 9.17) is 4.74 Å². The average Bonchev–Trinajstić information content (AvgIpc) is 2.58. The molecule has 2 atom stereocenters. The first-order chi connectivity index (χ1) is 10.8. The summed E-state index contributed by atoms with van der Waals surface area (Å²) in [5.74, 6) is 0. The Morgan fingerprint density at radius 2 is 2.14 bits per heavy atom. The van der Waals surface area contributed by atoms with Gasteiger partial charge in [0.15, 0.2) is 0 Å². The van der Waals surface area contributed by atoms with E-state index < -0.39 is 0 Å². The van der Waals surface area contributed by atoms with Gasteiger partial charge in [-0.05, 0) is 37.0 Å². The summed E-state index contributed by atoms with van der Waals surface area (Å²) in [6.07, 6.45) is 7.54. The van der Waals surface area contributed by atoms with Gasteiger partial charge in [0.1, 0.15) is 0 Å².